The van der Waals surface area contributed by atoms with Gasteiger partial charge in [-0.25, -0.2) is 0 Å². The van der Waals surface area contributed by atoms with Gasteiger partial charge in [-0.15, -0.1) is 0 Å². The lowest BCUT2D eigenvalue weighted by molar-refractivity contribution is -0.0820. The van der Waals surface area contributed by atoms with Crippen LogP contribution in [0.3, 0.4) is 0 Å². The summed E-state index contributed by atoms with van der Waals surface area (Å²) in [5, 5.41) is 4.26. The molecular weight excluding hydrogens is 202 g/mol. The predicted molar refractivity (Wildman–Crippen MR) is 63.0 cm³/mol. The minimum atomic E-state index is -0.222. The summed E-state index contributed by atoms with van der Waals surface area (Å²) in [6, 6.07) is -0.0758. The average Bonchev–Trinajstić information content (AvgIpc) is 2.77. The first-order valence-corrected chi connectivity index (χ1v) is 6.07. The van der Waals surface area contributed by atoms with E-state index in [1.165, 1.54) is 6.42 Å². The third-order valence-corrected chi connectivity index (χ3v) is 3.49. The monoisotopic (exact) mass is 223 g/mol. The normalized spacial score (nSPS) is 27.9. The minimum Gasteiger partial charge on any atom is -0.373 e. The molecule has 2 N–H and O–H groups in total. The second kappa shape index (κ2) is 4.55. The molecule has 1 saturated heterocycles. The van der Waals surface area contributed by atoms with E-state index in [1.54, 1.807) is 0 Å². The topological polar surface area (TPSA) is 53.1 Å². The number of aromatic nitrogens is 2. The van der Waals surface area contributed by atoms with Crippen molar-refractivity contribution in [3.8, 4) is 0 Å². The lowest BCUT2D eigenvalue weighted by atomic mass is 9.86. The molecule has 4 nitrogen and oxygen atoms in total. The van der Waals surface area contributed by atoms with Crippen LogP contribution in [-0.2, 0) is 11.3 Å². The first-order chi connectivity index (χ1) is 7.65. The third-order valence-electron chi connectivity index (χ3n) is 3.49. The molecule has 2 heterocycles. The number of ether oxygens (including phenoxy) is 1. The van der Waals surface area contributed by atoms with Gasteiger partial charge < -0.3 is 10.5 Å². The van der Waals surface area contributed by atoms with E-state index in [1.807, 2.05) is 17.1 Å². The number of nitrogens with two attached hydrogens (primary N) is 1. The number of hydrogen-bond donors (Lipinski definition) is 1. The average molecular weight is 223 g/mol. The molecule has 0 aliphatic carbocycles. The lowest BCUT2D eigenvalue weighted by Crippen LogP contribution is -2.43. The van der Waals surface area contributed by atoms with Gasteiger partial charge in [0.05, 0.1) is 17.8 Å². The quantitative estimate of drug-likeness (QED) is 0.851. The molecule has 0 aromatic carbocycles. The maximum absolute atomic E-state index is 6.29. The standard InChI is InChI=1S/C12H21N3O/c1-3-15-9-10(8-14-15)11(13)12(2)6-4-5-7-16-12/h8-9,11H,3-7,13H2,1-2H3. The molecule has 90 valence electrons. The molecular formula is C12H21N3O. The van der Waals surface area contributed by atoms with E-state index in [4.69, 9.17) is 10.5 Å². The van der Waals surface area contributed by atoms with Crippen molar-refractivity contribution in [3.05, 3.63) is 18.0 Å². The molecule has 16 heavy (non-hydrogen) atoms. The van der Waals surface area contributed by atoms with Gasteiger partial charge in [0.1, 0.15) is 0 Å². The van der Waals surface area contributed by atoms with Gasteiger partial charge in [0.2, 0.25) is 0 Å². The van der Waals surface area contributed by atoms with Crippen LogP contribution in [0, 0.1) is 0 Å². The molecule has 2 unspecified atom stereocenters. The SMILES string of the molecule is CCn1cc(C(N)C2(C)CCCCO2)cn1. The minimum absolute atomic E-state index is 0.0758. The summed E-state index contributed by atoms with van der Waals surface area (Å²) in [7, 11) is 0. The summed E-state index contributed by atoms with van der Waals surface area (Å²) < 4.78 is 7.77. The van der Waals surface area contributed by atoms with Crippen LogP contribution in [-0.4, -0.2) is 22.0 Å². The van der Waals surface area contributed by atoms with Gasteiger partial charge in [-0.2, -0.15) is 5.10 Å². The van der Waals surface area contributed by atoms with Crippen molar-refractivity contribution in [2.75, 3.05) is 6.61 Å². The molecule has 0 spiro atoms. The Labute approximate surface area is 96.8 Å². The van der Waals surface area contributed by atoms with Crippen LogP contribution in [0.25, 0.3) is 0 Å². The Morgan fingerprint density at radius 1 is 1.62 bits per heavy atom. The van der Waals surface area contributed by atoms with E-state index in [2.05, 4.69) is 18.9 Å². The Balaban J connectivity index is 2.13. The zero-order valence-electron chi connectivity index (χ0n) is 10.1. The van der Waals surface area contributed by atoms with Crippen LogP contribution in [0.4, 0.5) is 0 Å². The zero-order valence-corrected chi connectivity index (χ0v) is 10.1. The summed E-state index contributed by atoms with van der Waals surface area (Å²) in [6.45, 7) is 5.89. The Morgan fingerprint density at radius 3 is 3.00 bits per heavy atom. The van der Waals surface area contributed by atoms with Crippen LogP contribution >= 0.6 is 0 Å². The van der Waals surface area contributed by atoms with Crippen molar-refractivity contribution in [2.45, 2.75) is 51.3 Å². The van der Waals surface area contributed by atoms with Crippen LogP contribution in [0.15, 0.2) is 12.4 Å². The number of hydrogen-bond acceptors (Lipinski definition) is 3. The van der Waals surface area contributed by atoms with Crippen LogP contribution in [0.5, 0.6) is 0 Å². The van der Waals surface area contributed by atoms with E-state index >= 15 is 0 Å². The van der Waals surface area contributed by atoms with Gasteiger partial charge in [0.25, 0.3) is 0 Å². The van der Waals surface area contributed by atoms with E-state index in [9.17, 15) is 0 Å². The predicted octanol–water partition coefficient (Wildman–Crippen LogP) is 1.86. The fourth-order valence-electron chi connectivity index (χ4n) is 2.27. The van der Waals surface area contributed by atoms with Crippen molar-refractivity contribution >= 4 is 0 Å². The molecule has 0 amide bonds. The summed E-state index contributed by atoms with van der Waals surface area (Å²) >= 11 is 0. The highest BCUT2D eigenvalue weighted by atomic mass is 16.5. The summed E-state index contributed by atoms with van der Waals surface area (Å²) in [6.07, 6.45) is 7.26. The van der Waals surface area contributed by atoms with E-state index in [-0.39, 0.29) is 11.6 Å². The Morgan fingerprint density at radius 2 is 2.44 bits per heavy atom. The van der Waals surface area contributed by atoms with E-state index in [0.29, 0.717) is 0 Å². The molecule has 1 fully saturated rings. The van der Waals surface area contributed by atoms with Gasteiger partial charge in [-0.05, 0) is 33.1 Å². The molecule has 0 saturated carbocycles. The fourth-order valence-corrected chi connectivity index (χ4v) is 2.27. The van der Waals surface area contributed by atoms with E-state index < -0.39 is 0 Å². The highest BCUT2D eigenvalue weighted by molar-refractivity contribution is 5.15. The highest BCUT2D eigenvalue weighted by Gasteiger charge is 2.36. The van der Waals surface area contributed by atoms with Crippen LogP contribution in [0.2, 0.25) is 0 Å². The smallest absolute Gasteiger partial charge is 0.0847 e. The van der Waals surface area contributed by atoms with Crippen molar-refractivity contribution in [1.29, 1.82) is 0 Å². The third kappa shape index (κ3) is 2.13. The molecule has 2 rings (SSSR count). The first kappa shape index (κ1) is 11.6. The summed E-state index contributed by atoms with van der Waals surface area (Å²) in [5.74, 6) is 0. The van der Waals surface area contributed by atoms with Crippen molar-refractivity contribution in [2.24, 2.45) is 5.73 Å². The second-order valence-electron chi connectivity index (χ2n) is 4.73. The summed E-state index contributed by atoms with van der Waals surface area (Å²) in [5.41, 5.74) is 7.15. The van der Waals surface area contributed by atoms with Crippen molar-refractivity contribution < 1.29 is 4.74 Å². The van der Waals surface area contributed by atoms with Crippen LogP contribution < -0.4 is 5.73 Å². The molecule has 2 atom stereocenters. The Bertz CT molecular complexity index is 342. The lowest BCUT2D eigenvalue weighted by Gasteiger charge is -2.38. The van der Waals surface area contributed by atoms with Crippen LogP contribution in [0.1, 0.15) is 44.7 Å². The molecule has 1 aliphatic rings. The van der Waals surface area contributed by atoms with E-state index in [0.717, 1.165) is 31.6 Å². The zero-order chi connectivity index (χ0) is 11.6. The maximum Gasteiger partial charge on any atom is 0.0847 e. The molecule has 1 aliphatic heterocycles. The molecule has 0 bridgehead atoms. The van der Waals surface area contributed by atoms with Crippen molar-refractivity contribution in [1.82, 2.24) is 9.78 Å². The number of aryl methyl sites for hydroxylation is 1. The fraction of sp³-hybridized carbons (Fsp3) is 0.750. The first-order valence-electron chi connectivity index (χ1n) is 6.07. The molecule has 1 aromatic heterocycles. The molecule has 0 radical (unpaired) electrons. The van der Waals surface area contributed by atoms with Gasteiger partial charge in [0.15, 0.2) is 0 Å². The second-order valence-corrected chi connectivity index (χ2v) is 4.73. The Kier molecular flexibility index (Phi) is 3.30. The molecule has 1 aromatic rings. The largest absolute Gasteiger partial charge is 0.373 e. The highest BCUT2D eigenvalue weighted by Crippen LogP contribution is 2.34. The van der Waals surface area contributed by atoms with Gasteiger partial charge in [-0.3, -0.25) is 4.68 Å². The van der Waals surface area contributed by atoms with Gasteiger partial charge >= 0.3 is 0 Å². The van der Waals surface area contributed by atoms with Gasteiger partial charge in [0, 0.05) is 24.9 Å². The number of nitrogens with zero attached hydrogens (tertiary/aromatic N) is 2. The molecule has 4 heteroatoms. The van der Waals surface area contributed by atoms with Gasteiger partial charge in [-0.1, -0.05) is 0 Å². The number of rotatable bonds is 3. The van der Waals surface area contributed by atoms with Crippen molar-refractivity contribution in [3.63, 3.8) is 0 Å². The maximum atomic E-state index is 6.29. The summed E-state index contributed by atoms with van der Waals surface area (Å²) in [4.78, 5) is 0. The Hall–Kier alpha value is -0.870.